The van der Waals surface area contributed by atoms with Crippen LogP contribution in [0.1, 0.15) is 44.7 Å². The highest BCUT2D eigenvalue weighted by molar-refractivity contribution is 7.90. The molecule has 1 aromatic rings. The fourth-order valence-corrected chi connectivity index (χ4v) is 3.13. The molecule has 0 aliphatic heterocycles. The lowest BCUT2D eigenvalue weighted by Crippen LogP contribution is -2.31. The van der Waals surface area contributed by atoms with E-state index in [4.69, 9.17) is 0 Å². The number of benzene rings is 1. The minimum atomic E-state index is -3.84. The Labute approximate surface area is 127 Å². The molecule has 1 N–H and O–H groups in total. The smallest absolute Gasteiger partial charge is 0.264 e. The summed E-state index contributed by atoms with van der Waals surface area (Å²) < 4.78 is 26.8. The van der Waals surface area contributed by atoms with Crippen molar-refractivity contribution in [1.82, 2.24) is 4.72 Å². The van der Waals surface area contributed by atoms with Crippen LogP contribution in [0.15, 0.2) is 35.7 Å². The van der Waals surface area contributed by atoms with Crippen molar-refractivity contribution in [3.8, 4) is 0 Å². The molecule has 0 aliphatic rings. The predicted molar refractivity (Wildman–Crippen MR) is 84.6 cm³/mol. The number of rotatable bonds is 5. The number of carbonyl (C=O) groups is 1. The second-order valence-electron chi connectivity index (χ2n) is 6.09. The topological polar surface area (TPSA) is 63.2 Å². The first-order valence-corrected chi connectivity index (χ1v) is 8.34. The molecule has 1 aromatic carbocycles. The third kappa shape index (κ3) is 4.70. The highest BCUT2D eigenvalue weighted by Crippen LogP contribution is 2.26. The average molecular weight is 309 g/mol. The number of amides is 1. The van der Waals surface area contributed by atoms with Crippen molar-refractivity contribution in [2.75, 3.05) is 0 Å². The van der Waals surface area contributed by atoms with Crippen molar-refractivity contribution in [3.05, 3.63) is 42.0 Å². The van der Waals surface area contributed by atoms with Gasteiger partial charge >= 0.3 is 0 Å². The van der Waals surface area contributed by atoms with Crippen LogP contribution in [0.25, 0.3) is 0 Å². The summed E-state index contributed by atoms with van der Waals surface area (Å²) in [7, 11) is -3.84. The second-order valence-corrected chi connectivity index (χ2v) is 7.74. The third-order valence-electron chi connectivity index (χ3n) is 3.17. The highest BCUT2D eigenvalue weighted by Gasteiger charge is 2.22. The van der Waals surface area contributed by atoms with E-state index in [1.807, 2.05) is 26.8 Å². The summed E-state index contributed by atoms with van der Waals surface area (Å²) in [4.78, 5) is 11.8. The van der Waals surface area contributed by atoms with E-state index >= 15 is 0 Å². The Balaban J connectivity index is 3.13. The van der Waals surface area contributed by atoms with Gasteiger partial charge < -0.3 is 0 Å². The molecule has 0 saturated carbocycles. The van der Waals surface area contributed by atoms with Gasteiger partial charge in [0.05, 0.1) is 4.90 Å². The normalized spacial score (nSPS) is 12.0. The fraction of sp³-hybridized carbons (Fsp3) is 0.438. The van der Waals surface area contributed by atoms with Crippen molar-refractivity contribution in [3.63, 3.8) is 0 Å². The van der Waals surface area contributed by atoms with Crippen molar-refractivity contribution in [2.24, 2.45) is 0 Å². The molecule has 0 bridgehead atoms. The molecular weight excluding hydrogens is 286 g/mol. The van der Waals surface area contributed by atoms with E-state index in [9.17, 15) is 13.2 Å². The maximum absolute atomic E-state index is 12.3. The molecule has 0 heterocycles. The summed E-state index contributed by atoms with van der Waals surface area (Å²) in [6.45, 7) is 11.3. The molecular formula is C16H23NO3S. The largest absolute Gasteiger partial charge is 0.274 e. The van der Waals surface area contributed by atoms with Gasteiger partial charge in [0.25, 0.3) is 10.0 Å². The van der Waals surface area contributed by atoms with E-state index in [1.54, 1.807) is 25.1 Å². The number of aryl methyl sites for hydroxylation is 1. The van der Waals surface area contributed by atoms with E-state index in [0.717, 1.165) is 5.56 Å². The van der Waals surface area contributed by atoms with E-state index in [-0.39, 0.29) is 16.7 Å². The van der Waals surface area contributed by atoms with Crippen molar-refractivity contribution in [1.29, 1.82) is 0 Å². The zero-order chi connectivity index (χ0) is 16.3. The molecule has 5 heteroatoms. The van der Waals surface area contributed by atoms with Gasteiger partial charge in [0.15, 0.2) is 0 Å². The van der Waals surface area contributed by atoms with Crippen LogP contribution in [0.5, 0.6) is 0 Å². The molecule has 1 rings (SSSR count). The molecule has 21 heavy (non-hydrogen) atoms. The zero-order valence-corrected chi connectivity index (χ0v) is 13.9. The summed E-state index contributed by atoms with van der Waals surface area (Å²) in [6, 6.07) is 5.32. The summed E-state index contributed by atoms with van der Waals surface area (Å²) in [5.41, 5.74) is 1.36. The van der Waals surface area contributed by atoms with Crippen LogP contribution in [0.4, 0.5) is 0 Å². The summed E-state index contributed by atoms with van der Waals surface area (Å²) in [6.07, 6.45) is 2.14. The van der Waals surface area contributed by atoms with Gasteiger partial charge in [-0.05, 0) is 36.0 Å². The molecule has 0 unspecified atom stereocenters. The molecule has 4 nitrogen and oxygen atoms in total. The number of carbonyl (C=O) groups excluding carboxylic acids is 1. The Morgan fingerprint density at radius 2 is 1.95 bits per heavy atom. The third-order valence-corrected chi connectivity index (χ3v) is 4.68. The van der Waals surface area contributed by atoms with Gasteiger partial charge in [0.2, 0.25) is 5.91 Å². The Bertz CT molecular complexity index is 640. The Morgan fingerprint density at radius 1 is 1.33 bits per heavy atom. The molecule has 0 aromatic heterocycles. The predicted octanol–water partition coefficient (Wildman–Crippen LogP) is 3.06. The first-order valence-electron chi connectivity index (χ1n) is 6.85. The van der Waals surface area contributed by atoms with Crippen LogP contribution in [0, 0.1) is 6.92 Å². The molecule has 0 atom stereocenters. The standard InChI is InChI=1S/C16H23NO3S/c1-6-7-8-15(18)17-21(19,20)14-11-13(16(3,4)5)10-9-12(14)2/h6,9-11H,1,7-8H2,2-5H3,(H,17,18). The number of nitrogens with one attached hydrogen (secondary N) is 1. The van der Waals surface area contributed by atoms with E-state index < -0.39 is 15.9 Å². The number of allylic oxidation sites excluding steroid dienone is 1. The maximum atomic E-state index is 12.3. The molecule has 0 spiro atoms. The number of hydrogen-bond donors (Lipinski definition) is 1. The minimum Gasteiger partial charge on any atom is -0.274 e. The lowest BCUT2D eigenvalue weighted by Gasteiger charge is -2.20. The van der Waals surface area contributed by atoms with Crippen LogP contribution in [0.2, 0.25) is 0 Å². The van der Waals surface area contributed by atoms with Crippen LogP contribution < -0.4 is 4.72 Å². The highest BCUT2D eigenvalue weighted by atomic mass is 32.2. The molecule has 116 valence electrons. The zero-order valence-electron chi connectivity index (χ0n) is 13.1. The number of hydrogen-bond acceptors (Lipinski definition) is 3. The SMILES string of the molecule is C=CCCC(=O)NS(=O)(=O)c1cc(C(C)(C)C)ccc1C. The quantitative estimate of drug-likeness (QED) is 0.850. The van der Waals surface area contributed by atoms with Crippen LogP contribution in [-0.4, -0.2) is 14.3 Å². The first kappa shape index (κ1) is 17.4. The minimum absolute atomic E-state index is 0.112. The van der Waals surface area contributed by atoms with Gasteiger partial charge in [-0.15, -0.1) is 6.58 Å². The van der Waals surface area contributed by atoms with Crippen molar-refractivity contribution < 1.29 is 13.2 Å². The van der Waals surface area contributed by atoms with Gasteiger partial charge in [0.1, 0.15) is 0 Å². The first-order chi connectivity index (χ1) is 9.58. The Morgan fingerprint density at radius 3 is 2.48 bits per heavy atom. The maximum Gasteiger partial charge on any atom is 0.264 e. The van der Waals surface area contributed by atoms with E-state index in [2.05, 4.69) is 11.3 Å². The average Bonchev–Trinajstić information content (AvgIpc) is 2.34. The molecule has 1 amide bonds. The van der Waals surface area contributed by atoms with Gasteiger partial charge in [-0.1, -0.05) is 39.0 Å². The van der Waals surface area contributed by atoms with Gasteiger partial charge in [-0.2, -0.15) is 0 Å². The summed E-state index contributed by atoms with van der Waals surface area (Å²) in [5.74, 6) is -0.518. The van der Waals surface area contributed by atoms with Gasteiger partial charge in [0, 0.05) is 6.42 Å². The molecule has 0 fully saturated rings. The molecule has 0 aliphatic carbocycles. The Hall–Kier alpha value is -1.62. The second kappa shape index (κ2) is 6.43. The lowest BCUT2D eigenvalue weighted by molar-refractivity contribution is -0.119. The van der Waals surface area contributed by atoms with Gasteiger partial charge in [-0.3, -0.25) is 4.79 Å². The van der Waals surface area contributed by atoms with Crippen LogP contribution in [-0.2, 0) is 20.2 Å². The summed E-state index contributed by atoms with van der Waals surface area (Å²) in [5, 5.41) is 0. The summed E-state index contributed by atoms with van der Waals surface area (Å²) >= 11 is 0. The lowest BCUT2D eigenvalue weighted by atomic mass is 9.87. The van der Waals surface area contributed by atoms with Crippen LogP contribution >= 0.6 is 0 Å². The Kier molecular flexibility index (Phi) is 5.34. The monoisotopic (exact) mass is 309 g/mol. The molecule has 0 saturated heterocycles. The number of sulfonamides is 1. The van der Waals surface area contributed by atoms with Gasteiger partial charge in [-0.25, -0.2) is 13.1 Å². The van der Waals surface area contributed by atoms with Crippen molar-refractivity contribution >= 4 is 15.9 Å². The van der Waals surface area contributed by atoms with E-state index in [0.29, 0.717) is 12.0 Å². The van der Waals surface area contributed by atoms with E-state index in [1.165, 1.54) is 0 Å². The van der Waals surface area contributed by atoms with Crippen molar-refractivity contribution in [2.45, 2.75) is 50.8 Å². The fourth-order valence-electron chi connectivity index (χ4n) is 1.85. The molecule has 0 radical (unpaired) electrons. The van der Waals surface area contributed by atoms with Crippen LogP contribution in [0.3, 0.4) is 0 Å².